The standard InChI is InChI=1S/C21H20O4S2/c1-26(23)19-7-3-15(4-8-19)11-17-13-25-14-18(21(17)22)12-16-5-9-20(10-6-16)27(2)24/h3-12H,13-14H2,1-2H3. The lowest BCUT2D eigenvalue weighted by Gasteiger charge is -2.17. The second-order valence-corrected chi connectivity index (χ2v) is 8.97. The summed E-state index contributed by atoms with van der Waals surface area (Å²) in [6.07, 6.45) is 6.88. The Morgan fingerprint density at radius 3 is 1.44 bits per heavy atom. The van der Waals surface area contributed by atoms with Crippen LogP contribution in [0.2, 0.25) is 0 Å². The highest BCUT2D eigenvalue weighted by atomic mass is 32.2. The fourth-order valence-electron chi connectivity index (χ4n) is 2.74. The molecule has 1 aliphatic heterocycles. The minimum Gasteiger partial charge on any atom is -0.372 e. The number of benzene rings is 2. The summed E-state index contributed by atoms with van der Waals surface area (Å²) >= 11 is 0. The number of Topliss-reactive ketones (excluding diaryl/α,β-unsaturated/α-hetero) is 1. The van der Waals surface area contributed by atoms with Crippen molar-refractivity contribution in [2.45, 2.75) is 9.79 Å². The Morgan fingerprint density at radius 1 is 0.741 bits per heavy atom. The number of carbonyl (C=O) groups is 1. The lowest BCUT2D eigenvalue weighted by molar-refractivity contribution is -0.114. The van der Waals surface area contributed by atoms with E-state index in [4.69, 9.17) is 4.74 Å². The van der Waals surface area contributed by atoms with Gasteiger partial charge >= 0.3 is 0 Å². The SMILES string of the molecule is CS(=O)c1ccc(C=C2COCC(=Cc3ccc(S(C)=O)cc3)C2=O)cc1. The molecule has 0 saturated carbocycles. The molecule has 0 amide bonds. The second kappa shape index (κ2) is 8.69. The monoisotopic (exact) mass is 400 g/mol. The minimum atomic E-state index is -1.02. The molecule has 1 heterocycles. The fourth-order valence-corrected chi connectivity index (χ4v) is 3.78. The van der Waals surface area contributed by atoms with E-state index in [9.17, 15) is 13.2 Å². The highest BCUT2D eigenvalue weighted by Crippen LogP contribution is 2.21. The zero-order chi connectivity index (χ0) is 19.4. The summed E-state index contributed by atoms with van der Waals surface area (Å²) in [6.45, 7) is 0.538. The Hall–Kier alpha value is -2.15. The summed E-state index contributed by atoms with van der Waals surface area (Å²) in [5, 5.41) is 0. The number of carbonyl (C=O) groups excluding carboxylic acids is 1. The van der Waals surface area contributed by atoms with Crippen molar-refractivity contribution in [3.05, 3.63) is 70.8 Å². The van der Waals surface area contributed by atoms with Crippen LogP contribution in [0.5, 0.6) is 0 Å². The Kier molecular flexibility index (Phi) is 6.31. The molecule has 0 aromatic heterocycles. The van der Waals surface area contributed by atoms with E-state index in [1.807, 2.05) is 24.3 Å². The molecular weight excluding hydrogens is 380 g/mol. The molecule has 0 spiro atoms. The van der Waals surface area contributed by atoms with Gasteiger partial charge in [-0.2, -0.15) is 0 Å². The first-order chi connectivity index (χ1) is 12.9. The molecule has 2 aromatic carbocycles. The third kappa shape index (κ3) is 4.97. The van der Waals surface area contributed by atoms with Crippen LogP contribution in [0.3, 0.4) is 0 Å². The van der Waals surface area contributed by atoms with Crippen molar-refractivity contribution in [3.8, 4) is 0 Å². The van der Waals surface area contributed by atoms with E-state index in [2.05, 4.69) is 0 Å². The molecular formula is C21H20O4S2. The van der Waals surface area contributed by atoms with Gasteiger partial charge in [0.15, 0.2) is 5.78 Å². The van der Waals surface area contributed by atoms with Crippen molar-refractivity contribution in [3.63, 3.8) is 0 Å². The molecule has 2 unspecified atom stereocenters. The number of hydrogen-bond acceptors (Lipinski definition) is 4. The molecule has 140 valence electrons. The van der Waals surface area contributed by atoms with Crippen molar-refractivity contribution < 1.29 is 17.9 Å². The van der Waals surface area contributed by atoms with Gasteiger partial charge in [-0.25, -0.2) is 0 Å². The Morgan fingerprint density at radius 2 is 1.11 bits per heavy atom. The first kappa shape index (κ1) is 19.6. The van der Waals surface area contributed by atoms with Crippen molar-refractivity contribution in [2.75, 3.05) is 25.7 Å². The number of hydrogen-bond donors (Lipinski definition) is 0. The molecule has 3 rings (SSSR count). The molecule has 6 heteroatoms. The van der Waals surface area contributed by atoms with Crippen LogP contribution in [0.1, 0.15) is 11.1 Å². The maximum absolute atomic E-state index is 12.8. The average Bonchev–Trinajstić information content (AvgIpc) is 2.66. The number of ether oxygens (including phenoxy) is 1. The molecule has 4 nitrogen and oxygen atoms in total. The third-order valence-electron chi connectivity index (χ3n) is 4.20. The maximum Gasteiger partial charge on any atom is 0.189 e. The summed E-state index contributed by atoms with van der Waals surface area (Å²) in [5.74, 6) is -0.0347. The Balaban J connectivity index is 1.82. The predicted molar refractivity (Wildman–Crippen MR) is 109 cm³/mol. The summed E-state index contributed by atoms with van der Waals surface area (Å²) in [4.78, 5) is 14.3. The molecule has 0 N–H and O–H groups in total. The lowest BCUT2D eigenvalue weighted by atomic mass is 9.98. The molecule has 1 saturated heterocycles. The van der Waals surface area contributed by atoms with Crippen LogP contribution in [0.4, 0.5) is 0 Å². The molecule has 2 atom stereocenters. The molecule has 1 aliphatic rings. The Labute approximate surface area is 163 Å². The van der Waals surface area contributed by atoms with Crippen LogP contribution >= 0.6 is 0 Å². The summed E-state index contributed by atoms with van der Waals surface area (Å²) < 4.78 is 28.5. The van der Waals surface area contributed by atoms with Gasteiger partial charge in [0.2, 0.25) is 0 Å². The van der Waals surface area contributed by atoms with Gasteiger partial charge in [0.05, 0.1) is 13.2 Å². The van der Waals surface area contributed by atoms with E-state index in [1.165, 1.54) is 0 Å². The van der Waals surface area contributed by atoms with Crippen molar-refractivity contribution in [1.29, 1.82) is 0 Å². The highest BCUT2D eigenvalue weighted by Gasteiger charge is 2.21. The van der Waals surface area contributed by atoms with Gasteiger partial charge in [0, 0.05) is 55.0 Å². The van der Waals surface area contributed by atoms with Crippen molar-refractivity contribution in [2.24, 2.45) is 0 Å². The zero-order valence-corrected chi connectivity index (χ0v) is 16.8. The molecule has 0 bridgehead atoms. The van der Waals surface area contributed by atoms with E-state index >= 15 is 0 Å². The fraction of sp³-hybridized carbons (Fsp3) is 0.190. The molecule has 0 aliphatic carbocycles. The van der Waals surface area contributed by atoms with Gasteiger partial charge in [0.1, 0.15) is 0 Å². The maximum atomic E-state index is 12.8. The summed E-state index contributed by atoms with van der Waals surface area (Å²) in [6, 6.07) is 14.6. The van der Waals surface area contributed by atoms with Gasteiger partial charge < -0.3 is 4.74 Å². The Bertz CT molecular complexity index is 877. The van der Waals surface area contributed by atoms with E-state index in [0.29, 0.717) is 11.1 Å². The van der Waals surface area contributed by atoms with Gasteiger partial charge in [-0.1, -0.05) is 24.3 Å². The van der Waals surface area contributed by atoms with Crippen molar-refractivity contribution in [1.82, 2.24) is 0 Å². The van der Waals surface area contributed by atoms with Gasteiger partial charge in [-0.3, -0.25) is 13.2 Å². The van der Waals surface area contributed by atoms with E-state index in [-0.39, 0.29) is 19.0 Å². The van der Waals surface area contributed by atoms with Crippen LogP contribution in [0.25, 0.3) is 12.2 Å². The van der Waals surface area contributed by atoms with E-state index in [0.717, 1.165) is 20.9 Å². The lowest BCUT2D eigenvalue weighted by Crippen LogP contribution is -2.21. The van der Waals surface area contributed by atoms with E-state index in [1.54, 1.807) is 48.9 Å². The topological polar surface area (TPSA) is 60.4 Å². The molecule has 1 fully saturated rings. The van der Waals surface area contributed by atoms with Gasteiger partial charge in [0.25, 0.3) is 0 Å². The summed E-state index contributed by atoms with van der Waals surface area (Å²) in [5.41, 5.74) is 2.91. The summed E-state index contributed by atoms with van der Waals surface area (Å²) in [7, 11) is -2.05. The molecule has 0 radical (unpaired) electrons. The second-order valence-electron chi connectivity index (χ2n) is 6.21. The third-order valence-corrected chi connectivity index (χ3v) is 6.08. The van der Waals surface area contributed by atoms with Crippen LogP contribution in [0, 0.1) is 0 Å². The predicted octanol–water partition coefficient (Wildman–Crippen LogP) is 3.23. The number of rotatable bonds is 4. The van der Waals surface area contributed by atoms with Crippen LogP contribution in [-0.4, -0.2) is 39.9 Å². The minimum absolute atomic E-state index is 0.0347. The first-order valence-electron chi connectivity index (χ1n) is 8.34. The zero-order valence-electron chi connectivity index (χ0n) is 15.1. The van der Waals surface area contributed by atoms with Crippen LogP contribution in [0.15, 0.2) is 69.5 Å². The first-order valence-corrected chi connectivity index (χ1v) is 11.5. The van der Waals surface area contributed by atoms with Crippen LogP contribution < -0.4 is 0 Å². The average molecular weight is 401 g/mol. The molecule has 27 heavy (non-hydrogen) atoms. The largest absolute Gasteiger partial charge is 0.372 e. The quantitative estimate of drug-likeness (QED) is 0.740. The normalized spacial score (nSPS) is 20.0. The number of ketones is 1. The molecule has 2 aromatic rings. The highest BCUT2D eigenvalue weighted by molar-refractivity contribution is 7.84. The van der Waals surface area contributed by atoms with Crippen LogP contribution in [-0.2, 0) is 31.1 Å². The van der Waals surface area contributed by atoms with Gasteiger partial charge in [-0.05, 0) is 47.5 Å². The smallest absolute Gasteiger partial charge is 0.189 e. The van der Waals surface area contributed by atoms with Gasteiger partial charge in [-0.15, -0.1) is 0 Å². The van der Waals surface area contributed by atoms with E-state index < -0.39 is 21.6 Å². The van der Waals surface area contributed by atoms with Crippen molar-refractivity contribution >= 4 is 39.5 Å².